The van der Waals surface area contributed by atoms with Gasteiger partial charge in [-0.2, -0.15) is 18.3 Å². The van der Waals surface area contributed by atoms with Crippen LogP contribution in [0.4, 0.5) is 13.2 Å². The lowest BCUT2D eigenvalue weighted by atomic mass is 10.3. The number of rotatable bonds is 1. The van der Waals surface area contributed by atoms with Gasteiger partial charge in [-0.1, -0.05) is 11.6 Å². The van der Waals surface area contributed by atoms with Crippen molar-refractivity contribution in [3.63, 3.8) is 0 Å². The van der Waals surface area contributed by atoms with E-state index in [0.717, 1.165) is 12.3 Å². The molecular weight excluding hydrogens is 322 g/mol. The monoisotopic (exact) mass is 325 g/mol. The van der Waals surface area contributed by atoms with Crippen molar-refractivity contribution in [3.8, 4) is 5.82 Å². The molecule has 0 spiro atoms. The maximum atomic E-state index is 12.4. The summed E-state index contributed by atoms with van der Waals surface area (Å²) >= 11 is 8.91. The predicted octanol–water partition coefficient (Wildman–Crippen LogP) is 3.70. The number of pyridine rings is 1. The fraction of sp³-hybridized carbons (Fsp3) is 0.111. The largest absolute Gasteiger partial charge is 0.417 e. The fourth-order valence-corrected chi connectivity index (χ4v) is 1.71. The zero-order chi connectivity index (χ0) is 12.6. The minimum absolute atomic E-state index is 0.115. The highest BCUT2D eigenvalue weighted by molar-refractivity contribution is 9.10. The standard InChI is InChI=1S/C9H4BrClF3N3/c10-6-3-16-17(4-6)8-7(11)1-5(2-15-8)9(12,13)14/h1-4H. The first kappa shape index (κ1) is 12.4. The number of alkyl halides is 3. The van der Waals surface area contributed by atoms with Crippen LogP contribution in [-0.4, -0.2) is 14.8 Å². The van der Waals surface area contributed by atoms with Crippen LogP contribution in [0.15, 0.2) is 29.1 Å². The Hall–Kier alpha value is -1.08. The first-order valence-electron chi connectivity index (χ1n) is 4.31. The van der Waals surface area contributed by atoms with Crippen molar-refractivity contribution in [2.75, 3.05) is 0 Å². The Bertz CT molecular complexity index is 553. The van der Waals surface area contributed by atoms with Crippen LogP contribution in [0.25, 0.3) is 5.82 Å². The van der Waals surface area contributed by atoms with Gasteiger partial charge in [-0.15, -0.1) is 0 Å². The molecule has 0 aliphatic rings. The van der Waals surface area contributed by atoms with Crippen molar-refractivity contribution in [1.29, 1.82) is 0 Å². The Morgan fingerprint density at radius 3 is 2.47 bits per heavy atom. The van der Waals surface area contributed by atoms with Gasteiger partial charge in [-0.3, -0.25) is 0 Å². The summed E-state index contributed by atoms with van der Waals surface area (Å²) in [4.78, 5) is 3.66. The summed E-state index contributed by atoms with van der Waals surface area (Å²) in [6, 6.07) is 0.819. The van der Waals surface area contributed by atoms with Crippen LogP contribution in [-0.2, 0) is 6.18 Å². The van der Waals surface area contributed by atoms with Gasteiger partial charge in [0.05, 0.1) is 21.3 Å². The fourth-order valence-electron chi connectivity index (χ4n) is 1.17. The molecule has 0 radical (unpaired) electrons. The van der Waals surface area contributed by atoms with Crippen LogP contribution in [0, 0.1) is 0 Å². The van der Waals surface area contributed by atoms with E-state index >= 15 is 0 Å². The molecule has 8 heteroatoms. The molecule has 0 aromatic carbocycles. The molecule has 2 aromatic rings. The number of nitrogens with zero attached hydrogens (tertiary/aromatic N) is 3. The van der Waals surface area contributed by atoms with Gasteiger partial charge in [-0.05, 0) is 22.0 Å². The van der Waals surface area contributed by atoms with E-state index in [1.807, 2.05) is 0 Å². The molecule has 0 unspecified atom stereocenters. The number of hydrogen-bond donors (Lipinski definition) is 0. The summed E-state index contributed by atoms with van der Waals surface area (Å²) < 4.78 is 39.1. The van der Waals surface area contributed by atoms with Gasteiger partial charge in [0.25, 0.3) is 0 Å². The molecule has 0 N–H and O–H groups in total. The van der Waals surface area contributed by atoms with Crippen molar-refractivity contribution >= 4 is 27.5 Å². The van der Waals surface area contributed by atoms with Gasteiger partial charge < -0.3 is 0 Å². The lowest BCUT2D eigenvalue weighted by Crippen LogP contribution is -2.07. The SMILES string of the molecule is FC(F)(F)c1cnc(-n2cc(Br)cn2)c(Cl)c1. The second-order valence-corrected chi connectivity index (χ2v) is 4.45. The van der Waals surface area contributed by atoms with Crippen molar-refractivity contribution in [3.05, 3.63) is 39.7 Å². The highest BCUT2D eigenvalue weighted by Crippen LogP contribution is 2.31. The summed E-state index contributed by atoms with van der Waals surface area (Å²) in [6.07, 6.45) is -0.714. The molecular formula is C9H4BrClF3N3. The molecule has 90 valence electrons. The molecule has 2 rings (SSSR count). The van der Waals surface area contributed by atoms with E-state index in [4.69, 9.17) is 11.6 Å². The highest BCUT2D eigenvalue weighted by atomic mass is 79.9. The first-order valence-corrected chi connectivity index (χ1v) is 5.48. The minimum Gasteiger partial charge on any atom is -0.235 e. The Balaban J connectivity index is 2.45. The second-order valence-electron chi connectivity index (χ2n) is 3.13. The summed E-state index contributed by atoms with van der Waals surface area (Å²) in [5, 5.41) is 3.76. The molecule has 0 aliphatic carbocycles. The Morgan fingerprint density at radius 1 is 1.29 bits per heavy atom. The van der Waals surface area contributed by atoms with Gasteiger partial charge in [0.2, 0.25) is 0 Å². The van der Waals surface area contributed by atoms with Crippen LogP contribution >= 0.6 is 27.5 Å². The molecule has 0 aliphatic heterocycles. The topological polar surface area (TPSA) is 30.7 Å². The quantitative estimate of drug-likeness (QED) is 0.800. The predicted molar refractivity (Wildman–Crippen MR) is 59.1 cm³/mol. The van der Waals surface area contributed by atoms with Gasteiger partial charge in [-0.25, -0.2) is 9.67 Å². The number of hydrogen-bond acceptors (Lipinski definition) is 2. The third-order valence-electron chi connectivity index (χ3n) is 1.92. The molecule has 0 saturated carbocycles. The summed E-state index contributed by atoms with van der Waals surface area (Å²) in [7, 11) is 0. The zero-order valence-corrected chi connectivity index (χ0v) is 10.4. The molecule has 17 heavy (non-hydrogen) atoms. The normalized spacial score (nSPS) is 11.8. The number of aromatic nitrogens is 3. The van der Waals surface area contributed by atoms with E-state index in [-0.39, 0.29) is 10.8 Å². The van der Waals surface area contributed by atoms with Crippen LogP contribution in [0.2, 0.25) is 5.02 Å². The van der Waals surface area contributed by atoms with Gasteiger partial charge in [0, 0.05) is 12.4 Å². The summed E-state index contributed by atoms with van der Waals surface area (Å²) in [5.41, 5.74) is -0.891. The molecule has 0 atom stereocenters. The third kappa shape index (κ3) is 2.61. The van der Waals surface area contributed by atoms with Crippen molar-refractivity contribution < 1.29 is 13.2 Å². The van der Waals surface area contributed by atoms with Crippen molar-refractivity contribution in [2.45, 2.75) is 6.18 Å². The second kappa shape index (κ2) is 4.30. The molecule has 2 aromatic heterocycles. The lowest BCUT2D eigenvalue weighted by Gasteiger charge is -2.08. The maximum absolute atomic E-state index is 12.4. The van der Waals surface area contributed by atoms with E-state index < -0.39 is 11.7 Å². The smallest absolute Gasteiger partial charge is 0.235 e. The maximum Gasteiger partial charge on any atom is 0.417 e. The van der Waals surface area contributed by atoms with Gasteiger partial charge in [0.15, 0.2) is 5.82 Å². The molecule has 0 saturated heterocycles. The molecule has 0 bridgehead atoms. The molecule has 0 fully saturated rings. The lowest BCUT2D eigenvalue weighted by molar-refractivity contribution is -0.137. The molecule has 3 nitrogen and oxygen atoms in total. The Morgan fingerprint density at radius 2 is 2.00 bits per heavy atom. The number of halogens is 5. The van der Waals surface area contributed by atoms with Crippen molar-refractivity contribution in [1.82, 2.24) is 14.8 Å². The van der Waals surface area contributed by atoms with E-state index in [9.17, 15) is 13.2 Å². The summed E-state index contributed by atoms with van der Waals surface area (Å²) in [6.45, 7) is 0. The van der Waals surface area contributed by atoms with Crippen molar-refractivity contribution in [2.24, 2.45) is 0 Å². The van der Waals surface area contributed by atoms with Crippen LogP contribution < -0.4 is 0 Å². The first-order chi connectivity index (χ1) is 7.88. The highest BCUT2D eigenvalue weighted by Gasteiger charge is 2.31. The average molecular weight is 327 g/mol. The Labute approximate surface area is 107 Å². The van der Waals surface area contributed by atoms with E-state index in [2.05, 4.69) is 26.0 Å². The van der Waals surface area contributed by atoms with E-state index in [1.54, 1.807) is 6.20 Å². The molecule has 0 amide bonds. The molecule has 2 heterocycles. The summed E-state index contributed by atoms with van der Waals surface area (Å²) in [5.74, 6) is 0.144. The van der Waals surface area contributed by atoms with Crippen LogP contribution in [0.1, 0.15) is 5.56 Å². The van der Waals surface area contributed by atoms with E-state index in [0.29, 0.717) is 4.47 Å². The van der Waals surface area contributed by atoms with Crippen LogP contribution in [0.3, 0.4) is 0 Å². The van der Waals surface area contributed by atoms with E-state index in [1.165, 1.54) is 10.9 Å². The zero-order valence-electron chi connectivity index (χ0n) is 8.04. The van der Waals surface area contributed by atoms with Gasteiger partial charge in [0.1, 0.15) is 0 Å². The van der Waals surface area contributed by atoms with Gasteiger partial charge >= 0.3 is 6.18 Å². The average Bonchev–Trinajstić information content (AvgIpc) is 2.63. The Kier molecular flexibility index (Phi) is 3.13. The minimum atomic E-state index is -4.46. The van der Waals surface area contributed by atoms with Crippen LogP contribution in [0.5, 0.6) is 0 Å². The third-order valence-corrected chi connectivity index (χ3v) is 2.60.